The van der Waals surface area contributed by atoms with Crippen molar-refractivity contribution in [2.75, 3.05) is 5.73 Å². The highest BCUT2D eigenvalue weighted by atomic mass is 16.2. The summed E-state index contributed by atoms with van der Waals surface area (Å²) >= 11 is 0. The summed E-state index contributed by atoms with van der Waals surface area (Å²) in [6, 6.07) is 10.3. The van der Waals surface area contributed by atoms with Crippen molar-refractivity contribution in [3.63, 3.8) is 0 Å². The monoisotopic (exact) mass is 282 g/mol. The van der Waals surface area contributed by atoms with E-state index in [0.717, 1.165) is 17.8 Å². The van der Waals surface area contributed by atoms with Crippen LogP contribution in [0.2, 0.25) is 0 Å². The van der Waals surface area contributed by atoms with E-state index in [-0.39, 0.29) is 23.5 Å². The average molecular weight is 282 g/mol. The summed E-state index contributed by atoms with van der Waals surface area (Å²) in [6.07, 6.45) is 0.952. The van der Waals surface area contributed by atoms with Crippen molar-refractivity contribution in [1.29, 1.82) is 0 Å². The van der Waals surface area contributed by atoms with Crippen LogP contribution in [0.3, 0.4) is 0 Å². The first kappa shape index (κ1) is 13.5. The summed E-state index contributed by atoms with van der Waals surface area (Å²) in [7, 11) is 0. The standard InChI is InChI=1S/C16H18N4O/c1-9-10(2)19-15(17)14(18-9)16(21)20-13-8-12(13)11-6-4-3-5-7-11/h3-7,12-13H,8H2,1-2H3,(H2,17,19)(H,20,21). The lowest BCUT2D eigenvalue weighted by Crippen LogP contribution is -2.29. The first-order valence-electron chi connectivity index (χ1n) is 7.03. The third kappa shape index (κ3) is 2.72. The largest absolute Gasteiger partial charge is 0.382 e. The van der Waals surface area contributed by atoms with E-state index in [1.807, 2.05) is 32.0 Å². The van der Waals surface area contributed by atoms with E-state index < -0.39 is 0 Å². The van der Waals surface area contributed by atoms with Gasteiger partial charge in [0.2, 0.25) is 0 Å². The Balaban J connectivity index is 1.70. The number of aryl methyl sites for hydroxylation is 2. The molecule has 1 aromatic heterocycles. The van der Waals surface area contributed by atoms with E-state index in [9.17, 15) is 4.79 Å². The van der Waals surface area contributed by atoms with E-state index in [1.54, 1.807) is 0 Å². The van der Waals surface area contributed by atoms with Crippen LogP contribution in [0, 0.1) is 13.8 Å². The molecule has 2 aromatic rings. The Morgan fingerprint density at radius 2 is 1.86 bits per heavy atom. The Kier molecular flexibility index (Phi) is 3.33. The molecule has 0 saturated heterocycles. The molecule has 1 fully saturated rings. The third-order valence-corrected chi connectivity index (χ3v) is 3.88. The zero-order valence-corrected chi connectivity index (χ0v) is 12.1. The van der Waals surface area contributed by atoms with Gasteiger partial charge in [-0.2, -0.15) is 0 Å². The Morgan fingerprint density at radius 1 is 1.19 bits per heavy atom. The topological polar surface area (TPSA) is 80.9 Å². The van der Waals surface area contributed by atoms with E-state index in [1.165, 1.54) is 5.56 Å². The van der Waals surface area contributed by atoms with Gasteiger partial charge in [-0.1, -0.05) is 30.3 Å². The number of carbonyl (C=O) groups excluding carboxylic acids is 1. The molecule has 3 rings (SSSR count). The number of nitrogens with two attached hydrogens (primary N) is 1. The number of nitrogens with zero attached hydrogens (tertiary/aromatic N) is 2. The molecule has 2 unspecified atom stereocenters. The van der Waals surface area contributed by atoms with Crippen LogP contribution < -0.4 is 11.1 Å². The van der Waals surface area contributed by atoms with Crippen molar-refractivity contribution in [1.82, 2.24) is 15.3 Å². The van der Waals surface area contributed by atoms with E-state index in [4.69, 9.17) is 5.73 Å². The van der Waals surface area contributed by atoms with Crippen LogP contribution in [-0.4, -0.2) is 21.9 Å². The quantitative estimate of drug-likeness (QED) is 0.901. The van der Waals surface area contributed by atoms with Crippen LogP contribution in [0.5, 0.6) is 0 Å². The van der Waals surface area contributed by atoms with Crippen molar-refractivity contribution < 1.29 is 4.79 Å². The second kappa shape index (κ2) is 5.16. The molecule has 0 aliphatic heterocycles. The molecule has 1 aliphatic rings. The van der Waals surface area contributed by atoms with Gasteiger partial charge in [0.1, 0.15) is 0 Å². The molecule has 0 radical (unpaired) electrons. The molecule has 1 aromatic carbocycles. The van der Waals surface area contributed by atoms with Gasteiger partial charge < -0.3 is 11.1 Å². The van der Waals surface area contributed by atoms with Gasteiger partial charge in [-0.3, -0.25) is 4.79 Å². The maximum atomic E-state index is 12.3. The second-order valence-corrected chi connectivity index (χ2v) is 5.46. The molecule has 5 nitrogen and oxygen atoms in total. The minimum atomic E-state index is -0.244. The molecule has 108 valence electrons. The van der Waals surface area contributed by atoms with Crippen LogP contribution in [0.1, 0.15) is 39.8 Å². The van der Waals surface area contributed by atoms with Crippen molar-refractivity contribution in [2.24, 2.45) is 0 Å². The zero-order valence-electron chi connectivity index (χ0n) is 12.1. The smallest absolute Gasteiger partial charge is 0.273 e. The van der Waals surface area contributed by atoms with Crippen LogP contribution in [-0.2, 0) is 0 Å². The number of rotatable bonds is 3. The molecule has 1 saturated carbocycles. The average Bonchev–Trinajstić information content (AvgIpc) is 3.23. The number of anilines is 1. The number of nitrogen functional groups attached to an aromatic ring is 1. The molecule has 0 spiro atoms. The Labute approximate surface area is 123 Å². The Morgan fingerprint density at radius 3 is 2.57 bits per heavy atom. The van der Waals surface area contributed by atoms with Crippen molar-refractivity contribution in [3.8, 4) is 0 Å². The number of carbonyl (C=O) groups is 1. The summed E-state index contributed by atoms with van der Waals surface area (Å²) in [5, 5.41) is 2.98. The first-order valence-corrected chi connectivity index (χ1v) is 7.03. The van der Waals surface area contributed by atoms with Gasteiger partial charge in [0, 0.05) is 12.0 Å². The highest BCUT2D eigenvalue weighted by Gasteiger charge is 2.39. The highest BCUT2D eigenvalue weighted by Crippen LogP contribution is 2.40. The highest BCUT2D eigenvalue weighted by molar-refractivity contribution is 5.96. The van der Waals surface area contributed by atoms with Gasteiger partial charge in [-0.15, -0.1) is 0 Å². The fourth-order valence-corrected chi connectivity index (χ4v) is 2.45. The Bertz CT molecular complexity index is 684. The molecule has 2 atom stereocenters. The predicted octanol–water partition coefficient (Wildman–Crippen LogP) is 1.96. The molecule has 21 heavy (non-hydrogen) atoms. The van der Waals surface area contributed by atoms with Crippen LogP contribution in [0.15, 0.2) is 30.3 Å². The lowest BCUT2D eigenvalue weighted by molar-refractivity contribution is 0.0945. The predicted molar refractivity (Wildman–Crippen MR) is 81.0 cm³/mol. The van der Waals surface area contributed by atoms with Gasteiger partial charge in [0.15, 0.2) is 11.5 Å². The summed E-state index contributed by atoms with van der Waals surface area (Å²) in [5.41, 5.74) is 8.74. The lowest BCUT2D eigenvalue weighted by Gasteiger charge is -2.08. The summed E-state index contributed by atoms with van der Waals surface area (Å²) in [5.74, 6) is 0.329. The summed E-state index contributed by atoms with van der Waals surface area (Å²) in [4.78, 5) is 20.7. The zero-order chi connectivity index (χ0) is 15.0. The molecular formula is C16H18N4O. The lowest BCUT2D eigenvalue weighted by atomic mass is 10.1. The molecule has 5 heteroatoms. The fraction of sp³-hybridized carbons (Fsp3) is 0.312. The van der Waals surface area contributed by atoms with Crippen LogP contribution in [0.4, 0.5) is 5.82 Å². The minimum absolute atomic E-state index is 0.155. The maximum Gasteiger partial charge on any atom is 0.273 e. The van der Waals surface area contributed by atoms with Crippen molar-refractivity contribution in [3.05, 3.63) is 53.0 Å². The van der Waals surface area contributed by atoms with Gasteiger partial charge in [-0.05, 0) is 25.8 Å². The van der Waals surface area contributed by atoms with E-state index >= 15 is 0 Å². The number of benzene rings is 1. The van der Waals surface area contributed by atoms with Gasteiger partial charge >= 0.3 is 0 Å². The first-order chi connectivity index (χ1) is 10.1. The number of hydrogen-bond acceptors (Lipinski definition) is 4. The normalized spacial score (nSPS) is 20.1. The van der Waals surface area contributed by atoms with Gasteiger partial charge in [0.05, 0.1) is 11.4 Å². The fourth-order valence-electron chi connectivity index (χ4n) is 2.45. The van der Waals surface area contributed by atoms with E-state index in [2.05, 4.69) is 27.4 Å². The van der Waals surface area contributed by atoms with Crippen molar-refractivity contribution in [2.45, 2.75) is 32.2 Å². The van der Waals surface area contributed by atoms with Crippen molar-refractivity contribution >= 4 is 11.7 Å². The number of nitrogens with one attached hydrogen (secondary N) is 1. The SMILES string of the molecule is Cc1nc(N)c(C(=O)NC2CC2c2ccccc2)nc1C. The van der Waals surface area contributed by atoms with Gasteiger partial charge in [0.25, 0.3) is 5.91 Å². The molecule has 1 aliphatic carbocycles. The maximum absolute atomic E-state index is 12.3. The summed E-state index contributed by atoms with van der Waals surface area (Å²) < 4.78 is 0. The Hall–Kier alpha value is -2.43. The molecule has 1 heterocycles. The number of hydrogen-bond donors (Lipinski definition) is 2. The molecular weight excluding hydrogens is 264 g/mol. The van der Waals surface area contributed by atoms with Gasteiger partial charge in [-0.25, -0.2) is 9.97 Å². The number of amides is 1. The molecule has 3 N–H and O–H groups in total. The van der Waals surface area contributed by atoms with E-state index in [0.29, 0.717) is 5.92 Å². The van der Waals surface area contributed by atoms with Crippen LogP contribution >= 0.6 is 0 Å². The molecule has 1 amide bonds. The minimum Gasteiger partial charge on any atom is -0.382 e. The third-order valence-electron chi connectivity index (χ3n) is 3.88. The summed E-state index contributed by atoms with van der Waals surface area (Å²) in [6.45, 7) is 3.65. The van der Waals surface area contributed by atoms with Crippen LogP contribution in [0.25, 0.3) is 0 Å². The molecule has 0 bridgehead atoms. The second-order valence-electron chi connectivity index (χ2n) is 5.46. The number of aromatic nitrogens is 2.